The second-order valence-corrected chi connectivity index (χ2v) is 1.92. The molecule has 0 heterocycles. The van der Waals surface area contributed by atoms with Gasteiger partial charge in [-0.1, -0.05) is 23.8 Å². The van der Waals surface area contributed by atoms with Crippen molar-refractivity contribution in [2.75, 3.05) is 6.54 Å². The highest BCUT2D eigenvalue weighted by Gasteiger charge is 1.79. The minimum absolute atomic E-state index is 0.740. The van der Waals surface area contributed by atoms with E-state index in [2.05, 4.69) is 11.7 Å². The number of rotatable bonds is 3. The zero-order valence-corrected chi connectivity index (χ0v) is 6.09. The molecule has 0 N–H and O–H groups in total. The fourth-order valence-corrected chi connectivity index (χ4v) is 0.490. The SMILES string of the molecule is C=NC/C(C)=C/C=C\C. The molecule has 0 spiro atoms. The van der Waals surface area contributed by atoms with Crippen molar-refractivity contribution in [1.29, 1.82) is 0 Å². The van der Waals surface area contributed by atoms with Crippen LogP contribution in [-0.2, 0) is 0 Å². The van der Waals surface area contributed by atoms with Crippen molar-refractivity contribution in [3.05, 3.63) is 23.8 Å². The van der Waals surface area contributed by atoms with Crippen molar-refractivity contribution in [2.24, 2.45) is 4.99 Å². The Morgan fingerprint density at radius 3 is 2.78 bits per heavy atom. The summed E-state index contributed by atoms with van der Waals surface area (Å²) >= 11 is 0. The highest BCUT2D eigenvalue weighted by Crippen LogP contribution is 1.91. The van der Waals surface area contributed by atoms with Gasteiger partial charge in [0.2, 0.25) is 0 Å². The zero-order valence-electron chi connectivity index (χ0n) is 6.09. The Balaban J connectivity index is 3.68. The lowest BCUT2D eigenvalue weighted by molar-refractivity contribution is 1.15. The first-order valence-corrected chi connectivity index (χ1v) is 3.02. The van der Waals surface area contributed by atoms with E-state index in [0.717, 1.165) is 6.54 Å². The molecule has 0 bridgehead atoms. The van der Waals surface area contributed by atoms with Gasteiger partial charge >= 0.3 is 0 Å². The van der Waals surface area contributed by atoms with Crippen LogP contribution >= 0.6 is 0 Å². The lowest BCUT2D eigenvalue weighted by Crippen LogP contribution is -1.78. The summed E-state index contributed by atoms with van der Waals surface area (Å²) in [6.45, 7) is 8.16. The van der Waals surface area contributed by atoms with Crippen molar-refractivity contribution in [1.82, 2.24) is 0 Å². The molecule has 1 heteroatoms. The van der Waals surface area contributed by atoms with E-state index in [9.17, 15) is 0 Å². The predicted octanol–water partition coefficient (Wildman–Crippen LogP) is 2.21. The van der Waals surface area contributed by atoms with Crippen LogP contribution in [0.2, 0.25) is 0 Å². The van der Waals surface area contributed by atoms with Crippen LogP contribution < -0.4 is 0 Å². The Morgan fingerprint density at radius 2 is 2.33 bits per heavy atom. The topological polar surface area (TPSA) is 12.4 Å². The van der Waals surface area contributed by atoms with Crippen molar-refractivity contribution < 1.29 is 0 Å². The molecule has 0 aromatic rings. The number of allylic oxidation sites excluding steroid dienone is 3. The van der Waals surface area contributed by atoms with E-state index in [4.69, 9.17) is 0 Å². The molecule has 0 aliphatic heterocycles. The molecule has 0 saturated heterocycles. The molecule has 0 amide bonds. The van der Waals surface area contributed by atoms with Crippen molar-refractivity contribution in [3.63, 3.8) is 0 Å². The average Bonchev–Trinajstić information content (AvgIpc) is 1.85. The molecule has 0 saturated carbocycles. The smallest absolute Gasteiger partial charge is 0.0592 e. The van der Waals surface area contributed by atoms with Gasteiger partial charge in [0.05, 0.1) is 6.54 Å². The van der Waals surface area contributed by atoms with Crippen molar-refractivity contribution in [3.8, 4) is 0 Å². The van der Waals surface area contributed by atoms with Gasteiger partial charge in [0.15, 0.2) is 0 Å². The summed E-state index contributed by atoms with van der Waals surface area (Å²) in [5.41, 5.74) is 1.24. The maximum absolute atomic E-state index is 3.74. The molecule has 0 radical (unpaired) electrons. The van der Waals surface area contributed by atoms with Crippen LogP contribution in [0, 0.1) is 0 Å². The maximum Gasteiger partial charge on any atom is 0.0592 e. The molecule has 0 aliphatic rings. The minimum Gasteiger partial charge on any atom is -0.297 e. The Morgan fingerprint density at radius 1 is 1.67 bits per heavy atom. The van der Waals surface area contributed by atoms with Crippen LogP contribution in [0.3, 0.4) is 0 Å². The van der Waals surface area contributed by atoms with Gasteiger partial charge < -0.3 is 0 Å². The van der Waals surface area contributed by atoms with Crippen molar-refractivity contribution in [2.45, 2.75) is 13.8 Å². The molecule has 0 aromatic carbocycles. The van der Waals surface area contributed by atoms with E-state index < -0.39 is 0 Å². The summed E-state index contributed by atoms with van der Waals surface area (Å²) in [6, 6.07) is 0. The minimum atomic E-state index is 0.740. The molecule has 1 nitrogen and oxygen atoms in total. The van der Waals surface area contributed by atoms with Gasteiger partial charge in [-0.2, -0.15) is 0 Å². The molecule has 0 atom stereocenters. The Bertz CT molecular complexity index is 132. The first-order chi connectivity index (χ1) is 4.31. The quantitative estimate of drug-likeness (QED) is 0.403. The Hall–Kier alpha value is -0.850. The summed E-state index contributed by atoms with van der Waals surface area (Å²) in [5, 5.41) is 0. The number of aliphatic imine (C=N–C) groups is 1. The van der Waals surface area contributed by atoms with E-state index in [-0.39, 0.29) is 0 Å². The van der Waals surface area contributed by atoms with Crippen LogP contribution in [0.25, 0.3) is 0 Å². The number of nitrogens with zero attached hydrogens (tertiary/aromatic N) is 1. The van der Waals surface area contributed by atoms with Crippen LogP contribution in [0.4, 0.5) is 0 Å². The lowest BCUT2D eigenvalue weighted by atomic mass is 10.3. The summed E-state index contributed by atoms with van der Waals surface area (Å²) in [5.74, 6) is 0. The van der Waals surface area contributed by atoms with E-state index in [1.807, 2.05) is 32.1 Å². The van der Waals surface area contributed by atoms with E-state index in [1.165, 1.54) is 5.57 Å². The number of hydrogen-bond donors (Lipinski definition) is 0. The molecule has 0 unspecified atom stereocenters. The predicted molar refractivity (Wildman–Crippen MR) is 43.0 cm³/mol. The van der Waals surface area contributed by atoms with Gasteiger partial charge in [-0.05, 0) is 20.6 Å². The molecule has 9 heavy (non-hydrogen) atoms. The van der Waals surface area contributed by atoms with Gasteiger partial charge in [0.25, 0.3) is 0 Å². The molecule has 0 rings (SSSR count). The van der Waals surface area contributed by atoms with Gasteiger partial charge in [-0.3, -0.25) is 4.99 Å². The normalized spacial score (nSPS) is 12.4. The highest BCUT2D eigenvalue weighted by atomic mass is 14.7. The molecular formula is C8H13N. The summed E-state index contributed by atoms with van der Waals surface area (Å²) in [4.78, 5) is 3.74. The van der Waals surface area contributed by atoms with Gasteiger partial charge in [0, 0.05) is 0 Å². The van der Waals surface area contributed by atoms with Gasteiger partial charge in [0.1, 0.15) is 0 Å². The molecule has 0 fully saturated rings. The molecule has 0 aromatic heterocycles. The monoisotopic (exact) mass is 123 g/mol. The van der Waals surface area contributed by atoms with E-state index >= 15 is 0 Å². The van der Waals surface area contributed by atoms with Gasteiger partial charge in [-0.25, -0.2) is 0 Å². The average molecular weight is 123 g/mol. The van der Waals surface area contributed by atoms with Gasteiger partial charge in [-0.15, -0.1) is 0 Å². The second kappa shape index (κ2) is 5.29. The first kappa shape index (κ1) is 8.15. The lowest BCUT2D eigenvalue weighted by Gasteiger charge is -1.88. The molecule has 0 aliphatic carbocycles. The second-order valence-electron chi connectivity index (χ2n) is 1.92. The largest absolute Gasteiger partial charge is 0.297 e. The van der Waals surface area contributed by atoms with Crippen LogP contribution in [-0.4, -0.2) is 13.3 Å². The first-order valence-electron chi connectivity index (χ1n) is 3.02. The summed E-state index contributed by atoms with van der Waals surface area (Å²) in [7, 11) is 0. The van der Waals surface area contributed by atoms with Crippen LogP contribution in [0.15, 0.2) is 28.8 Å². The third kappa shape index (κ3) is 5.01. The number of hydrogen-bond acceptors (Lipinski definition) is 1. The standard InChI is InChI=1S/C8H13N/c1-4-5-6-8(2)7-9-3/h4-6H,3,7H2,1-2H3/b5-4-,8-6+. The maximum atomic E-state index is 3.74. The van der Waals surface area contributed by atoms with Crippen molar-refractivity contribution >= 4 is 6.72 Å². The highest BCUT2D eigenvalue weighted by molar-refractivity contribution is 5.25. The Kier molecular flexibility index (Phi) is 4.79. The summed E-state index contributed by atoms with van der Waals surface area (Å²) in [6.07, 6.45) is 6.03. The summed E-state index contributed by atoms with van der Waals surface area (Å²) < 4.78 is 0. The molecular weight excluding hydrogens is 110 g/mol. The fourth-order valence-electron chi connectivity index (χ4n) is 0.490. The third-order valence-electron chi connectivity index (χ3n) is 0.934. The third-order valence-corrected chi connectivity index (χ3v) is 0.934. The van der Waals surface area contributed by atoms with Crippen LogP contribution in [0.1, 0.15) is 13.8 Å². The van der Waals surface area contributed by atoms with E-state index in [0.29, 0.717) is 0 Å². The Labute approximate surface area is 56.8 Å². The molecule has 50 valence electrons. The zero-order chi connectivity index (χ0) is 7.11. The fraction of sp³-hybridized carbons (Fsp3) is 0.375. The van der Waals surface area contributed by atoms with Crippen LogP contribution in [0.5, 0.6) is 0 Å². The van der Waals surface area contributed by atoms with E-state index in [1.54, 1.807) is 0 Å².